The number of benzene rings is 3. The Balaban J connectivity index is 1.49. The molecule has 0 atom stereocenters. The minimum Gasteiger partial charge on any atom is -0.478 e. The number of nitrogens with zero attached hydrogens (tertiary/aromatic N) is 2. The molecule has 0 radical (unpaired) electrons. The lowest BCUT2D eigenvalue weighted by Gasteiger charge is -2.32. The van der Waals surface area contributed by atoms with Crippen LogP contribution in [0.15, 0.2) is 65.1 Å². The Morgan fingerprint density at radius 2 is 1.47 bits per heavy atom. The van der Waals surface area contributed by atoms with Crippen LogP contribution in [-0.4, -0.2) is 37.3 Å². The highest BCUT2D eigenvalue weighted by atomic mass is 16.4. The second-order valence-corrected chi connectivity index (χ2v) is 15.7. The normalized spacial score (nSPS) is 16.5. The molecule has 2 aromatic rings. The van der Waals surface area contributed by atoms with Crippen molar-refractivity contribution in [3.05, 3.63) is 71.6 Å². The predicted octanol–water partition coefficient (Wildman–Crippen LogP) is 11.8. The molecule has 5 heteroatoms. The first-order valence-corrected chi connectivity index (χ1v) is 20.7. The summed E-state index contributed by atoms with van der Waals surface area (Å²) in [5, 5.41) is 12.5. The Morgan fingerprint density at radius 1 is 0.765 bits per heavy atom. The van der Waals surface area contributed by atoms with Gasteiger partial charge in [-0.3, -0.25) is 0 Å². The van der Waals surface area contributed by atoms with Gasteiger partial charge in [0.2, 0.25) is 5.36 Å². The van der Waals surface area contributed by atoms with Gasteiger partial charge in [0.1, 0.15) is 24.4 Å². The van der Waals surface area contributed by atoms with Gasteiger partial charge in [0.15, 0.2) is 0 Å². The van der Waals surface area contributed by atoms with Crippen LogP contribution in [0, 0.1) is 11.8 Å². The number of unbranched alkanes of at least 4 members (excludes halogenated alkanes) is 6. The van der Waals surface area contributed by atoms with Crippen LogP contribution >= 0.6 is 0 Å². The van der Waals surface area contributed by atoms with E-state index >= 15 is 0 Å². The van der Waals surface area contributed by atoms with Crippen molar-refractivity contribution in [1.29, 1.82) is 0 Å². The summed E-state index contributed by atoms with van der Waals surface area (Å²) in [6.07, 6.45) is 23.4. The SMILES string of the molecule is CCCCCCN(CC1CCCCC1)c1ccc2c(-c3ccccc3C(=O)O)c3ccc(=[N+](CCCCCC)CC4CCCCC4)cc-3oc2c1. The second-order valence-electron chi connectivity index (χ2n) is 15.7. The van der Waals surface area contributed by atoms with E-state index in [1.807, 2.05) is 18.2 Å². The number of carboxylic acid groups (broad SMARTS) is 1. The third-order valence-electron chi connectivity index (χ3n) is 11.8. The van der Waals surface area contributed by atoms with Gasteiger partial charge in [0, 0.05) is 59.8 Å². The third kappa shape index (κ3) is 9.64. The first-order valence-electron chi connectivity index (χ1n) is 20.7. The Hall–Kier alpha value is -3.60. The molecule has 1 heterocycles. The van der Waals surface area contributed by atoms with Crippen LogP contribution in [0.2, 0.25) is 0 Å². The van der Waals surface area contributed by atoms with E-state index in [0.717, 1.165) is 71.4 Å². The molecular formula is C46H63N2O3+. The van der Waals surface area contributed by atoms with Gasteiger partial charge in [0.05, 0.1) is 11.6 Å². The average Bonchev–Trinajstić information content (AvgIpc) is 3.16. The van der Waals surface area contributed by atoms with Gasteiger partial charge < -0.3 is 14.4 Å². The highest BCUT2D eigenvalue weighted by molar-refractivity contribution is 6.07. The van der Waals surface area contributed by atoms with Crippen LogP contribution in [0.4, 0.5) is 5.69 Å². The summed E-state index contributed by atoms with van der Waals surface area (Å²) in [5.74, 6) is 1.40. The van der Waals surface area contributed by atoms with Crippen molar-refractivity contribution >= 4 is 22.6 Å². The van der Waals surface area contributed by atoms with Crippen molar-refractivity contribution in [3.8, 4) is 22.5 Å². The molecule has 2 saturated carbocycles. The molecule has 6 rings (SSSR count). The maximum absolute atomic E-state index is 12.6. The first kappa shape index (κ1) is 37.2. The van der Waals surface area contributed by atoms with Crippen molar-refractivity contribution < 1.29 is 14.3 Å². The molecule has 2 aromatic carbocycles. The minimum absolute atomic E-state index is 0.323. The van der Waals surface area contributed by atoms with Gasteiger partial charge in [-0.15, -0.1) is 0 Å². The fourth-order valence-electron chi connectivity index (χ4n) is 8.91. The number of carboxylic acids is 1. The Bertz CT molecular complexity index is 1740. The second kappa shape index (κ2) is 18.8. The largest absolute Gasteiger partial charge is 0.478 e. The van der Waals surface area contributed by atoms with E-state index in [1.54, 1.807) is 6.07 Å². The summed E-state index contributed by atoms with van der Waals surface area (Å²) >= 11 is 0. The molecule has 0 amide bonds. The molecule has 0 unspecified atom stereocenters. The van der Waals surface area contributed by atoms with E-state index in [1.165, 1.54) is 127 Å². The highest BCUT2D eigenvalue weighted by Crippen LogP contribution is 2.42. The molecule has 0 aromatic heterocycles. The predicted molar refractivity (Wildman–Crippen MR) is 214 cm³/mol. The van der Waals surface area contributed by atoms with Crippen LogP contribution < -0.4 is 14.8 Å². The molecule has 0 saturated heterocycles. The van der Waals surface area contributed by atoms with Crippen LogP contribution in [0.3, 0.4) is 0 Å². The van der Waals surface area contributed by atoms with Crippen LogP contribution in [-0.2, 0) is 0 Å². The molecule has 3 aliphatic carbocycles. The highest BCUT2D eigenvalue weighted by Gasteiger charge is 2.25. The van der Waals surface area contributed by atoms with E-state index in [0.29, 0.717) is 5.56 Å². The monoisotopic (exact) mass is 691 g/mol. The quantitative estimate of drug-likeness (QED) is 0.0680. The van der Waals surface area contributed by atoms with E-state index in [9.17, 15) is 9.90 Å². The van der Waals surface area contributed by atoms with Gasteiger partial charge in [-0.05, 0) is 74.3 Å². The molecule has 4 aliphatic rings. The number of anilines is 1. The molecular weight excluding hydrogens is 629 g/mol. The first-order chi connectivity index (χ1) is 25.1. The zero-order chi connectivity index (χ0) is 35.4. The van der Waals surface area contributed by atoms with E-state index in [4.69, 9.17) is 4.42 Å². The summed E-state index contributed by atoms with van der Waals surface area (Å²) in [6.45, 7) is 8.87. The lowest BCUT2D eigenvalue weighted by molar-refractivity contribution is 0.0697. The van der Waals surface area contributed by atoms with Gasteiger partial charge in [-0.2, -0.15) is 0 Å². The number of aromatic carboxylic acids is 1. The number of hydrogen-bond donors (Lipinski definition) is 1. The van der Waals surface area contributed by atoms with E-state index in [-0.39, 0.29) is 0 Å². The van der Waals surface area contributed by atoms with Gasteiger partial charge in [-0.25, -0.2) is 9.37 Å². The zero-order valence-electron chi connectivity index (χ0n) is 31.6. The van der Waals surface area contributed by atoms with E-state index < -0.39 is 5.97 Å². The zero-order valence-corrected chi connectivity index (χ0v) is 31.6. The molecule has 274 valence electrons. The molecule has 1 N–H and O–H groups in total. The summed E-state index contributed by atoms with van der Waals surface area (Å²) in [5.41, 5.74) is 5.03. The average molecular weight is 692 g/mol. The molecule has 2 fully saturated rings. The van der Waals surface area contributed by atoms with Crippen LogP contribution in [0.25, 0.3) is 33.4 Å². The van der Waals surface area contributed by atoms with Crippen molar-refractivity contribution in [2.24, 2.45) is 11.8 Å². The Morgan fingerprint density at radius 3 is 2.20 bits per heavy atom. The maximum atomic E-state index is 12.6. The minimum atomic E-state index is -0.905. The number of fused-ring (bicyclic) bond motifs is 2. The standard InChI is InChI=1S/C46H62N2O3/c1-3-5-7-17-29-47(33-35-19-11-9-12-20-35)37-25-27-41-43(31-37)51-44-32-38(48(30-18-8-6-4-2)34-36-21-13-10-14-22-36)26-28-42(44)45(41)39-23-15-16-24-40(39)46(49)50/h15-16,23-28,31-32,35-36H,3-14,17-22,29-30,33-34H2,1-2H3/p+1. The number of carbonyl (C=O) groups is 1. The molecule has 0 bridgehead atoms. The summed E-state index contributed by atoms with van der Waals surface area (Å²) in [7, 11) is 0. The van der Waals surface area contributed by atoms with Gasteiger partial charge in [-0.1, -0.05) is 103 Å². The summed E-state index contributed by atoms with van der Waals surface area (Å²) < 4.78 is 9.57. The summed E-state index contributed by atoms with van der Waals surface area (Å²) in [6, 6.07) is 20.9. The van der Waals surface area contributed by atoms with Gasteiger partial charge >= 0.3 is 5.97 Å². The lowest BCUT2D eigenvalue weighted by atomic mass is 9.88. The van der Waals surface area contributed by atoms with Crippen LogP contribution in [0.1, 0.15) is 140 Å². The van der Waals surface area contributed by atoms with Crippen LogP contribution in [0.5, 0.6) is 0 Å². The molecule has 1 aliphatic heterocycles. The van der Waals surface area contributed by atoms with Crippen molar-refractivity contribution in [3.63, 3.8) is 0 Å². The fourth-order valence-corrected chi connectivity index (χ4v) is 8.91. The smallest absolute Gasteiger partial charge is 0.336 e. The Labute approximate surface area is 307 Å². The molecule has 51 heavy (non-hydrogen) atoms. The lowest BCUT2D eigenvalue weighted by Crippen LogP contribution is -2.36. The van der Waals surface area contributed by atoms with Crippen molar-refractivity contribution in [1.82, 2.24) is 4.58 Å². The summed E-state index contributed by atoms with van der Waals surface area (Å²) in [4.78, 5) is 15.2. The molecule has 5 nitrogen and oxygen atoms in total. The maximum Gasteiger partial charge on any atom is 0.336 e. The molecule has 0 spiro atoms. The van der Waals surface area contributed by atoms with Gasteiger partial charge in [0.25, 0.3) is 0 Å². The fraction of sp³-hybridized carbons (Fsp3) is 0.565. The topological polar surface area (TPSA) is 56.7 Å². The number of hydrogen-bond acceptors (Lipinski definition) is 3. The number of rotatable bonds is 17. The third-order valence-corrected chi connectivity index (χ3v) is 11.8. The van der Waals surface area contributed by atoms with E-state index in [2.05, 4.69) is 59.7 Å². The van der Waals surface area contributed by atoms with Crippen molar-refractivity contribution in [2.45, 2.75) is 129 Å². The Kier molecular flexibility index (Phi) is 13.7. The van der Waals surface area contributed by atoms with Crippen molar-refractivity contribution in [2.75, 3.05) is 31.1 Å².